The van der Waals surface area contributed by atoms with Gasteiger partial charge in [-0.3, -0.25) is 0 Å². The number of likely N-dealkylation sites (tertiary alicyclic amines) is 1. The van der Waals surface area contributed by atoms with E-state index < -0.39 is 0 Å². The molecule has 1 aromatic carbocycles. The van der Waals surface area contributed by atoms with Crippen molar-refractivity contribution in [1.29, 1.82) is 0 Å². The van der Waals surface area contributed by atoms with Gasteiger partial charge < -0.3 is 19.1 Å². The Kier molecular flexibility index (Phi) is 5.93. The quantitative estimate of drug-likeness (QED) is 0.613. The van der Waals surface area contributed by atoms with Gasteiger partial charge in [-0.25, -0.2) is 4.79 Å². The van der Waals surface area contributed by atoms with E-state index in [-0.39, 0.29) is 5.63 Å². The van der Waals surface area contributed by atoms with Crippen molar-refractivity contribution in [2.75, 3.05) is 19.6 Å². The summed E-state index contributed by atoms with van der Waals surface area (Å²) in [4.78, 5) is 13.6. The van der Waals surface area contributed by atoms with Gasteiger partial charge in [-0.05, 0) is 49.4 Å². The van der Waals surface area contributed by atoms with E-state index in [1.165, 1.54) is 37.9 Å². The minimum Gasteiger partial charge on any atom is -0.463 e. The first-order chi connectivity index (χ1) is 13.7. The summed E-state index contributed by atoms with van der Waals surface area (Å²) in [5, 5.41) is 3.34. The summed E-state index contributed by atoms with van der Waals surface area (Å²) in [6.07, 6.45) is 6.61. The highest BCUT2D eigenvalue weighted by atomic mass is 16.4. The van der Waals surface area contributed by atoms with E-state index >= 15 is 0 Å². The second kappa shape index (κ2) is 8.76. The highest BCUT2D eigenvalue weighted by Gasteiger charge is 2.29. The number of fused-ring (bicyclic) bond motifs is 1. The molecule has 1 aliphatic rings. The summed E-state index contributed by atoms with van der Waals surface area (Å²) in [7, 11) is 0. The summed E-state index contributed by atoms with van der Waals surface area (Å²) in [6.45, 7) is 6.22. The lowest BCUT2D eigenvalue weighted by molar-refractivity contribution is -0.951. The SMILES string of the molecule is CCc1ccc2c(C[NH2+]C[C@H](c3ccco3)[NH+]3CCCCC3)cc(=O)oc2c1. The van der Waals surface area contributed by atoms with Gasteiger partial charge in [-0.2, -0.15) is 0 Å². The Bertz CT molecular complexity index is 956. The molecule has 2 aromatic heterocycles. The third kappa shape index (κ3) is 4.21. The normalized spacial score (nSPS) is 16.5. The fraction of sp³-hybridized carbons (Fsp3) is 0.435. The van der Waals surface area contributed by atoms with Crippen LogP contribution in [0.4, 0.5) is 0 Å². The summed E-state index contributed by atoms with van der Waals surface area (Å²) in [5.41, 5.74) is 2.65. The van der Waals surface area contributed by atoms with Crippen LogP contribution >= 0.6 is 0 Å². The molecule has 0 aliphatic carbocycles. The first kappa shape index (κ1) is 19.0. The minimum absolute atomic E-state index is 0.270. The van der Waals surface area contributed by atoms with Crippen LogP contribution < -0.4 is 15.8 Å². The van der Waals surface area contributed by atoms with Gasteiger partial charge in [-0.1, -0.05) is 19.1 Å². The Morgan fingerprint density at radius 3 is 2.75 bits per heavy atom. The molecule has 3 N–H and O–H groups in total. The van der Waals surface area contributed by atoms with E-state index in [1.54, 1.807) is 17.2 Å². The van der Waals surface area contributed by atoms with Crippen molar-refractivity contribution in [3.05, 3.63) is 70.0 Å². The zero-order valence-electron chi connectivity index (χ0n) is 16.6. The predicted molar refractivity (Wildman–Crippen MR) is 108 cm³/mol. The van der Waals surface area contributed by atoms with E-state index in [4.69, 9.17) is 8.83 Å². The van der Waals surface area contributed by atoms with Crippen molar-refractivity contribution in [3.63, 3.8) is 0 Å². The predicted octanol–water partition coefficient (Wildman–Crippen LogP) is 1.82. The van der Waals surface area contributed by atoms with Crippen molar-refractivity contribution in [2.24, 2.45) is 0 Å². The Hall–Kier alpha value is -2.37. The standard InChI is InChI=1S/C23H28N2O3/c1-2-17-8-9-19-18(14-23(26)28-22(19)13-17)15-24-16-20(21-7-6-12-27-21)25-10-4-3-5-11-25/h6-9,12-14,20,24H,2-5,10-11,15-16H2,1H3/p+2/t20-/m1/s1. The van der Waals surface area contributed by atoms with Crippen LogP contribution in [0.3, 0.4) is 0 Å². The number of nitrogens with two attached hydrogens (primary N) is 1. The molecule has 0 amide bonds. The van der Waals surface area contributed by atoms with Crippen LogP contribution in [0.15, 0.2) is 56.3 Å². The van der Waals surface area contributed by atoms with E-state index in [2.05, 4.69) is 30.4 Å². The van der Waals surface area contributed by atoms with Gasteiger partial charge in [0.15, 0.2) is 11.8 Å². The smallest absolute Gasteiger partial charge is 0.336 e. The summed E-state index contributed by atoms with van der Waals surface area (Å²) in [5.74, 6) is 1.07. The van der Waals surface area contributed by atoms with E-state index in [0.29, 0.717) is 11.6 Å². The van der Waals surface area contributed by atoms with Gasteiger partial charge in [0.1, 0.15) is 18.7 Å². The third-order valence-corrected chi connectivity index (χ3v) is 5.94. The molecular formula is C23H30N2O3+2. The second-order valence-corrected chi connectivity index (χ2v) is 7.79. The largest absolute Gasteiger partial charge is 0.463 e. The van der Waals surface area contributed by atoms with Crippen molar-refractivity contribution in [3.8, 4) is 0 Å². The van der Waals surface area contributed by atoms with E-state index in [1.807, 2.05) is 12.1 Å². The van der Waals surface area contributed by atoms with Crippen LogP contribution in [-0.2, 0) is 13.0 Å². The highest BCUT2D eigenvalue weighted by Crippen LogP contribution is 2.18. The Morgan fingerprint density at radius 2 is 2.00 bits per heavy atom. The summed E-state index contributed by atoms with van der Waals surface area (Å²) >= 11 is 0. The van der Waals surface area contributed by atoms with Gasteiger partial charge in [0, 0.05) is 17.0 Å². The average molecular weight is 383 g/mol. The lowest BCUT2D eigenvalue weighted by Crippen LogP contribution is -3.15. The number of benzene rings is 1. The number of hydrogen-bond donors (Lipinski definition) is 2. The number of quaternary nitrogens is 2. The average Bonchev–Trinajstić information content (AvgIpc) is 3.25. The van der Waals surface area contributed by atoms with E-state index in [0.717, 1.165) is 36.2 Å². The lowest BCUT2D eigenvalue weighted by Gasteiger charge is -2.29. The molecule has 5 heteroatoms. The van der Waals surface area contributed by atoms with Gasteiger partial charge in [0.05, 0.1) is 19.4 Å². The van der Waals surface area contributed by atoms with Crippen molar-refractivity contribution in [1.82, 2.24) is 0 Å². The van der Waals surface area contributed by atoms with Gasteiger partial charge >= 0.3 is 5.63 Å². The molecule has 0 saturated carbocycles. The number of nitrogens with one attached hydrogen (secondary N) is 1. The third-order valence-electron chi connectivity index (χ3n) is 5.94. The fourth-order valence-electron chi connectivity index (χ4n) is 4.40. The molecule has 1 atom stereocenters. The van der Waals surface area contributed by atoms with Crippen molar-refractivity contribution in [2.45, 2.75) is 45.2 Å². The van der Waals surface area contributed by atoms with Crippen molar-refractivity contribution < 1.29 is 19.1 Å². The second-order valence-electron chi connectivity index (χ2n) is 7.79. The molecule has 148 valence electrons. The zero-order chi connectivity index (χ0) is 19.3. The van der Waals surface area contributed by atoms with Gasteiger partial charge in [0.2, 0.25) is 0 Å². The molecule has 28 heavy (non-hydrogen) atoms. The maximum Gasteiger partial charge on any atom is 0.336 e. The molecule has 3 heterocycles. The minimum atomic E-state index is -0.270. The highest BCUT2D eigenvalue weighted by molar-refractivity contribution is 5.80. The molecule has 1 fully saturated rings. The number of rotatable bonds is 7. The summed E-state index contributed by atoms with van der Waals surface area (Å²) in [6, 6.07) is 12.3. The van der Waals surface area contributed by atoms with Crippen LogP contribution in [0.1, 0.15) is 49.1 Å². The number of furan rings is 1. The first-order valence-corrected chi connectivity index (χ1v) is 10.5. The molecule has 0 radical (unpaired) electrons. The Morgan fingerprint density at radius 1 is 1.14 bits per heavy atom. The number of aryl methyl sites for hydroxylation is 1. The molecule has 1 aliphatic heterocycles. The van der Waals surface area contributed by atoms with Crippen LogP contribution in [0.5, 0.6) is 0 Å². The molecule has 0 spiro atoms. The molecule has 1 saturated heterocycles. The molecule has 0 unspecified atom stereocenters. The van der Waals surface area contributed by atoms with Crippen LogP contribution in [0.25, 0.3) is 11.0 Å². The maximum absolute atomic E-state index is 12.0. The van der Waals surface area contributed by atoms with E-state index in [9.17, 15) is 4.79 Å². The number of piperidine rings is 1. The maximum atomic E-state index is 12.0. The Labute approximate surface area is 165 Å². The van der Waals surface area contributed by atoms with Crippen LogP contribution in [0, 0.1) is 0 Å². The fourth-order valence-corrected chi connectivity index (χ4v) is 4.40. The molecule has 4 rings (SSSR count). The topological polar surface area (TPSA) is 64.4 Å². The zero-order valence-corrected chi connectivity index (χ0v) is 16.6. The first-order valence-electron chi connectivity index (χ1n) is 10.5. The van der Waals surface area contributed by atoms with Crippen LogP contribution in [0.2, 0.25) is 0 Å². The molecule has 0 bridgehead atoms. The van der Waals surface area contributed by atoms with Crippen molar-refractivity contribution >= 4 is 11.0 Å². The summed E-state index contributed by atoms with van der Waals surface area (Å²) < 4.78 is 11.2. The molecule has 3 aromatic rings. The van der Waals surface area contributed by atoms with Gasteiger partial charge in [0.25, 0.3) is 0 Å². The lowest BCUT2D eigenvalue weighted by atomic mass is 10.1. The molecular weight excluding hydrogens is 352 g/mol. The van der Waals surface area contributed by atoms with Gasteiger partial charge in [-0.15, -0.1) is 0 Å². The number of hydrogen-bond acceptors (Lipinski definition) is 3. The van der Waals surface area contributed by atoms with Crippen LogP contribution in [-0.4, -0.2) is 19.6 Å². The molecule has 5 nitrogen and oxygen atoms in total. The Balaban J connectivity index is 1.50. The monoisotopic (exact) mass is 382 g/mol.